The summed E-state index contributed by atoms with van der Waals surface area (Å²) in [5, 5.41) is 0. The minimum absolute atomic E-state index is 0.0452. The number of nitrogens with zero attached hydrogens (tertiary/aromatic N) is 1. The lowest BCUT2D eigenvalue weighted by atomic mass is 10.3. The maximum Gasteiger partial charge on any atom is 0.304 e. The number of hydrogen-bond donors (Lipinski definition) is 1. The molecule has 1 aromatic carbocycles. The molecule has 2 aromatic rings. The van der Waals surface area contributed by atoms with E-state index in [1.54, 1.807) is 18.2 Å². The number of carbonyl (C=O) groups is 1. The molecule has 4 heteroatoms. The molecule has 74 valence electrons. The second kappa shape index (κ2) is 4.41. The standard InChI is InChI=1S/C8H6N2O2.C2H6/c9-7(11)8-10-5-3-1-2-4-6(5)12-8;1-2/h1-4H,(H2,9,11);1-2H3. The molecule has 14 heavy (non-hydrogen) atoms. The first-order valence-electron chi connectivity index (χ1n) is 4.43. The molecule has 0 unspecified atom stereocenters. The third kappa shape index (κ3) is 1.90. The molecule has 0 aliphatic heterocycles. The number of oxazole rings is 1. The maximum absolute atomic E-state index is 10.6. The number of fused-ring (bicyclic) bond motifs is 1. The summed E-state index contributed by atoms with van der Waals surface area (Å²) in [6, 6.07) is 7.11. The summed E-state index contributed by atoms with van der Waals surface area (Å²) in [5.41, 5.74) is 6.20. The van der Waals surface area contributed by atoms with E-state index in [4.69, 9.17) is 10.2 Å². The first kappa shape index (κ1) is 10.2. The molecule has 0 aliphatic rings. The summed E-state index contributed by atoms with van der Waals surface area (Å²) in [6.07, 6.45) is 0. The van der Waals surface area contributed by atoms with E-state index in [2.05, 4.69) is 4.98 Å². The minimum atomic E-state index is -0.647. The predicted molar refractivity (Wildman–Crippen MR) is 53.9 cm³/mol. The predicted octanol–water partition coefficient (Wildman–Crippen LogP) is 1.95. The molecule has 1 heterocycles. The van der Waals surface area contributed by atoms with Crippen LogP contribution in [-0.4, -0.2) is 10.9 Å². The van der Waals surface area contributed by atoms with Gasteiger partial charge in [0.15, 0.2) is 5.58 Å². The molecule has 1 aromatic heterocycles. The summed E-state index contributed by atoms with van der Waals surface area (Å²) in [7, 11) is 0. The van der Waals surface area contributed by atoms with Crippen molar-refractivity contribution in [3.63, 3.8) is 0 Å². The van der Waals surface area contributed by atoms with Crippen molar-refractivity contribution in [3.05, 3.63) is 30.2 Å². The third-order valence-corrected chi connectivity index (χ3v) is 1.50. The zero-order chi connectivity index (χ0) is 10.6. The number of aromatic nitrogens is 1. The lowest BCUT2D eigenvalue weighted by Gasteiger charge is -1.81. The van der Waals surface area contributed by atoms with Crippen molar-refractivity contribution in [1.29, 1.82) is 0 Å². The van der Waals surface area contributed by atoms with E-state index < -0.39 is 5.91 Å². The van der Waals surface area contributed by atoms with Crippen molar-refractivity contribution >= 4 is 17.0 Å². The Labute approximate surface area is 81.7 Å². The van der Waals surface area contributed by atoms with E-state index in [9.17, 15) is 4.79 Å². The highest BCUT2D eigenvalue weighted by atomic mass is 16.4. The zero-order valence-electron chi connectivity index (χ0n) is 8.15. The molecule has 1 amide bonds. The summed E-state index contributed by atoms with van der Waals surface area (Å²) >= 11 is 0. The Bertz CT molecular complexity index is 401. The molecule has 0 saturated carbocycles. The SMILES string of the molecule is CC.NC(=O)c1nc2ccccc2o1. The van der Waals surface area contributed by atoms with Gasteiger partial charge in [0.2, 0.25) is 0 Å². The van der Waals surface area contributed by atoms with Crippen LogP contribution in [0.15, 0.2) is 28.7 Å². The van der Waals surface area contributed by atoms with E-state index >= 15 is 0 Å². The number of para-hydroxylation sites is 2. The van der Waals surface area contributed by atoms with Crippen molar-refractivity contribution in [2.24, 2.45) is 5.73 Å². The largest absolute Gasteiger partial charge is 0.432 e. The van der Waals surface area contributed by atoms with Crippen LogP contribution in [0.1, 0.15) is 24.5 Å². The van der Waals surface area contributed by atoms with E-state index in [1.165, 1.54) is 0 Å². The Morgan fingerprint density at radius 1 is 1.36 bits per heavy atom. The molecule has 2 rings (SSSR count). The first-order chi connectivity index (χ1) is 6.77. The molecule has 0 saturated heterocycles. The fraction of sp³-hybridized carbons (Fsp3) is 0.200. The average Bonchev–Trinajstić information content (AvgIpc) is 2.64. The Morgan fingerprint density at radius 3 is 2.57 bits per heavy atom. The molecule has 0 spiro atoms. The zero-order valence-corrected chi connectivity index (χ0v) is 8.15. The van der Waals surface area contributed by atoms with E-state index in [0.29, 0.717) is 11.1 Å². The smallest absolute Gasteiger partial charge is 0.304 e. The Hall–Kier alpha value is -1.84. The monoisotopic (exact) mass is 192 g/mol. The van der Waals surface area contributed by atoms with Gasteiger partial charge in [-0.2, -0.15) is 0 Å². The number of benzene rings is 1. The van der Waals surface area contributed by atoms with Gasteiger partial charge in [-0.05, 0) is 12.1 Å². The molecule has 0 fully saturated rings. The van der Waals surface area contributed by atoms with E-state index in [1.807, 2.05) is 19.9 Å². The van der Waals surface area contributed by atoms with Gasteiger partial charge in [0.1, 0.15) is 5.52 Å². The van der Waals surface area contributed by atoms with Crippen LogP contribution in [0.25, 0.3) is 11.1 Å². The maximum atomic E-state index is 10.6. The van der Waals surface area contributed by atoms with Crippen LogP contribution in [0.5, 0.6) is 0 Å². The number of carbonyl (C=O) groups excluding carboxylic acids is 1. The van der Waals surface area contributed by atoms with Crippen LogP contribution in [0.4, 0.5) is 0 Å². The molecule has 4 nitrogen and oxygen atoms in total. The highest BCUT2D eigenvalue weighted by molar-refractivity contribution is 5.90. The molecule has 0 aliphatic carbocycles. The third-order valence-electron chi connectivity index (χ3n) is 1.50. The molecular formula is C10H12N2O2. The second-order valence-electron chi connectivity index (χ2n) is 2.35. The Balaban J connectivity index is 0.000000461. The van der Waals surface area contributed by atoms with Gasteiger partial charge in [-0.15, -0.1) is 0 Å². The fourth-order valence-electron chi connectivity index (χ4n) is 0.978. The van der Waals surface area contributed by atoms with Crippen molar-refractivity contribution in [3.8, 4) is 0 Å². The van der Waals surface area contributed by atoms with E-state index in [0.717, 1.165) is 0 Å². The van der Waals surface area contributed by atoms with Crippen LogP contribution in [0, 0.1) is 0 Å². The number of hydrogen-bond acceptors (Lipinski definition) is 3. The summed E-state index contributed by atoms with van der Waals surface area (Å²) < 4.78 is 5.04. The van der Waals surface area contributed by atoms with Gasteiger partial charge in [0.25, 0.3) is 5.89 Å². The highest BCUT2D eigenvalue weighted by Crippen LogP contribution is 2.13. The number of rotatable bonds is 1. The normalized spacial score (nSPS) is 9.29. The van der Waals surface area contributed by atoms with Gasteiger partial charge in [-0.3, -0.25) is 4.79 Å². The lowest BCUT2D eigenvalue weighted by molar-refractivity contribution is 0.0969. The minimum Gasteiger partial charge on any atom is -0.432 e. The van der Waals surface area contributed by atoms with Crippen molar-refractivity contribution in [2.75, 3.05) is 0 Å². The van der Waals surface area contributed by atoms with Crippen molar-refractivity contribution < 1.29 is 9.21 Å². The molecule has 0 atom stereocenters. The summed E-state index contributed by atoms with van der Waals surface area (Å²) in [6.45, 7) is 4.00. The highest BCUT2D eigenvalue weighted by Gasteiger charge is 2.08. The fourth-order valence-corrected chi connectivity index (χ4v) is 0.978. The van der Waals surface area contributed by atoms with Crippen LogP contribution in [-0.2, 0) is 0 Å². The van der Waals surface area contributed by atoms with Gasteiger partial charge >= 0.3 is 5.91 Å². The van der Waals surface area contributed by atoms with Gasteiger partial charge < -0.3 is 10.2 Å². The average molecular weight is 192 g/mol. The Kier molecular flexibility index (Phi) is 3.23. The summed E-state index contributed by atoms with van der Waals surface area (Å²) in [4.78, 5) is 14.5. The van der Waals surface area contributed by atoms with Crippen LogP contribution in [0.3, 0.4) is 0 Å². The second-order valence-corrected chi connectivity index (χ2v) is 2.35. The lowest BCUT2D eigenvalue weighted by Crippen LogP contribution is -2.10. The number of nitrogens with two attached hydrogens (primary N) is 1. The van der Waals surface area contributed by atoms with Gasteiger partial charge in [0, 0.05) is 0 Å². The van der Waals surface area contributed by atoms with Crippen LogP contribution >= 0.6 is 0 Å². The van der Waals surface area contributed by atoms with Gasteiger partial charge in [-0.1, -0.05) is 26.0 Å². The Morgan fingerprint density at radius 2 is 2.00 bits per heavy atom. The molecule has 0 radical (unpaired) electrons. The van der Waals surface area contributed by atoms with Crippen LogP contribution in [0.2, 0.25) is 0 Å². The molecular weight excluding hydrogens is 180 g/mol. The number of amides is 1. The number of primary amides is 1. The summed E-state index contributed by atoms with van der Waals surface area (Å²) in [5.74, 6) is -0.692. The van der Waals surface area contributed by atoms with Gasteiger partial charge in [0.05, 0.1) is 0 Å². The first-order valence-corrected chi connectivity index (χ1v) is 4.43. The van der Waals surface area contributed by atoms with Crippen molar-refractivity contribution in [2.45, 2.75) is 13.8 Å². The van der Waals surface area contributed by atoms with Gasteiger partial charge in [-0.25, -0.2) is 4.98 Å². The molecule has 0 bridgehead atoms. The van der Waals surface area contributed by atoms with Crippen LogP contribution < -0.4 is 5.73 Å². The molecule has 2 N–H and O–H groups in total. The topological polar surface area (TPSA) is 69.1 Å². The van der Waals surface area contributed by atoms with E-state index in [-0.39, 0.29) is 5.89 Å². The quantitative estimate of drug-likeness (QED) is 0.750. The van der Waals surface area contributed by atoms with Crippen molar-refractivity contribution in [1.82, 2.24) is 4.98 Å².